The number of halogens is 3. The lowest BCUT2D eigenvalue weighted by molar-refractivity contribution is -0.141. The molecule has 1 fully saturated rings. The van der Waals surface area contributed by atoms with E-state index in [-0.39, 0.29) is 5.52 Å². The summed E-state index contributed by atoms with van der Waals surface area (Å²) in [5.41, 5.74) is 2.61. The van der Waals surface area contributed by atoms with E-state index in [0.29, 0.717) is 29.5 Å². The summed E-state index contributed by atoms with van der Waals surface area (Å²) < 4.78 is 43.2. The third-order valence-corrected chi connectivity index (χ3v) is 6.49. The molecule has 0 spiro atoms. The van der Waals surface area contributed by atoms with E-state index in [0.717, 1.165) is 35.3 Å². The molecule has 4 heterocycles. The molecule has 0 N–H and O–H groups in total. The van der Waals surface area contributed by atoms with Crippen LogP contribution in [0.25, 0.3) is 22.6 Å². The van der Waals surface area contributed by atoms with Crippen LogP contribution in [0.4, 0.5) is 13.2 Å². The van der Waals surface area contributed by atoms with E-state index >= 15 is 0 Å². The largest absolute Gasteiger partial charge is 0.433 e. The Hall–Kier alpha value is -2.88. The molecule has 0 amide bonds. The van der Waals surface area contributed by atoms with Crippen LogP contribution in [0.15, 0.2) is 41.6 Å². The Morgan fingerprint density at radius 1 is 1.19 bits per heavy atom. The Morgan fingerprint density at radius 3 is 2.66 bits per heavy atom. The minimum atomic E-state index is -4.52. The van der Waals surface area contributed by atoms with Crippen LogP contribution in [0, 0.1) is 0 Å². The van der Waals surface area contributed by atoms with Crippen molar-refractivity contribution in [3.63, 3.8) is 0 Å². The van der Waals surface area contributed by atoms with Gasteiger partial charge in [-0.25, -0.2) is 9.97 Å². The van der Waals surface area contributed by atoms with Crippen LogP contribution in [0.5, 0.6) is 0 Å². The Morgan fingerprint density at radius 2 is 2.00 bits per heavy atom. The van der Waals surface area contributed by atoms with E-state index in [1.807, 2.05) is 22.9 Å². The minimum Gasteiger partial charge on any atom is -0.324 e. The van der Waals surface area contributed by atoms with Crippen LogP contribution < -0.4 is 0 Å². The third kappa shape index (κ3) is 3.76. The van der Waals surface area contributed by atoms with E-state index in [4.69, 9.17) is 5.10 Å². The number of hydrogen-bond donors (Lipinski definition) is 0. The topological polar surface area (TPSA) is 61.4 Å². The fourth-order valence-corrected chi connectivity index (χ4v) is 4.84. The number of pyridine rings is 2. The number of rotatable bonds is 6. The summed E-state index contributed by atoms with van der Waals surface area (Å²) in [5, 5.41) is 4.91. The smallest absolute Gasteiger partial charge is 0.324 e. The molecule has 0 bridgehead atoms. The summed E-state index contributed by atoms with van der Waals surface area (Å²) in [7, 11) is 1.79. The van der Waals surface area contributed by atoms with E-state index in [1.165, 1.54) is 11.9 Å². The van der Waals surface area contributed by atoms with Crippen molar-refractivity contribution in [1.29, 1.82) is 0 Å². The van der Waals surface area contributed by atoms with Crippen LogP contribution >= 0.6 is 11.8 Å². The summed E-state index contributed by atoms with van der Waals surface area (Å²) in [6.45, 7) is 2.61. The summed E-state index contributed by atoms with van der Waals surface area (Å²) in [5.74, 6) is 1.83. The zero-order valence-electron chi connectivity index (χ0n) is 17.6. The first-order valence-electron chi connectivity index (χ1n) is 10.4. The molecule has 0 radical (unpaired) electrons. The highest BCUT2D eigenvalue weighted by Gasteiger charge is 2.35. The van der Waals surface area contributed by atoms with Crippen molar-refractivity contribution in [2.45, 2.75) is 43.3 Å². The molecule has 10 heteroatoms. The van der Waals surface area contributed by atoms with E-state index < -0.39 is 11.9 Å². The van der Waals surface area contributed by atoms with Gasteiger partial charge in [-0.3, -0.25) is 9.67 Å². The number of nitrogens with zero attached hydrogens (tertiary/aromatic N) is 6. The quantitative estimate of drug-likeness (QED) is 0.368. The maximum Gasteiger partial charge on any atom is 0.433 e. The maximum absolute atomic E-state index is 13.1. The Labute approximate surface area is 186 Å². The molecule has 0 aromatic carbocycles. The van der Waals surface area contributed by atoms with Crippen molar-refractivity contribution in [3.8, 4) is 11.5 Å². The van der Waals surface area contributed by atoms with Gasteiger partial charge >= 0.3 is 6.18 Å². The van der Waals surface area contributed by atoms with Gasteiger partial charge in [0.05, 0.1) is 40.1 Å². The van der Waals surface area contributed by atoms with Crippen molar-refractivity contribution in [2.75, 3.05) is 5.75 Å². The highest BCUT2D eigenvalue weighted by Crippen LogP contribution is 2.47. The zero-order chi connectivity index (χ0) is 22.5. The number of imidazole rings is 1. The molecule has 0 aliphatic heterocycles. The van der Waals surface area contributed by atoms with Crippen molar-refractivity contribution < 1.29 is 13.2 Å². The fourth-order valence-electron chi connectivity index (χ4n) is 3.87. The molecule has 4 aromatic rings. The molecule has 0 saturated heterocycles. The van der Waals surface area contributed by atoms with Gasteiger partial charge in [-0.05, 0) is 36.8 Å². The molecule has 32 heavy (non-hydrogen) atoms. The molecule has 0 unspecified atom stereocenters. The predicted molar refractivity (Wildman–Crippen MR) is 116 cm³/mol. The number of thioether (sulfide) groups is 1. The second-order valence-electron chi connectivity index (χ2n) is 7.80. The molecule has 5 rings (SSSR count). The summed E-state index contributed by atoms with van der Waals surface area (Å²) in [6.07, 6.45) is 0.680. The van der Waals surface area contributed by atoms with E-state index in [9.17, 15) is 13.2 Å². The zero-order valence-corrected chi connectivity index (χ0v) is 18.4. The second kappa shape index (κ2) is 7.91. The predicted octanol–water partition coefficient (Wildman–Crippen LogP) is 5.28. The van der Waals surface area contributed by atoms with Crippen LogP contribution in [-0.2, 0) is 19.8 Å². The van der Waals surface area contributed by atoms with Crippen LogP contribution in [0.2, 0.25) is 0 Å². The first-order chi connectivity index (χ1) is 15.4. The summed E-state index contributed by atoms with van der Waals surface area (Å²) in [4.78, 5) is 13.6. The van der Waals surface area contributed by atoms with Crippen LogP contribution in [-0.4, -0.2) is 35.1 Å². The molecule has 6 nitrogen and oxygen atoms in total. The van der Waals surface area contributed by atoms with E-state index in [2.05, 4.69) is 21.9 Å². The highest BCUT2D eigenvalue weighted by molar-refractivity contribution is 7.99. The Balaban J connectivity index is 1.66. The molecule has 1 aliphatic rings. The van der Waals surface area contributed by atoms with Gasteiger partial charge in [0, 0.05) is 19.2 Å². The van der Waals surface area contributed by atoms with Crippen molar-refractivity contribution in [3.05, 3.63) is 53.7 Å². The lowest BCUT2D eigenvalue weighted by Crippen LogP contribution is -2.07. The summed E-state index contributed by atoms with van der Waals surface area (Å²) in [6, 6.07) is 6.78. The summed E-state index contributed by atoms with van der Waals surface area (Å²) >= 11 is 1.70. The van der Waals surface area contributed by atoms with Gasteiger partial charge in [-0.15, -0.1) is 11.8 Å². The van der Waals surface area contributed by atoms with Gasteiger partial charge in [0.2, 0.25) is 0 Å². The number of aryl methyl sites for hydroxylation is 1. The fraction of sp³-hybridized carbons (Fsp3) is 0.364. The third-order valence-electron chi connectivity index (χ3n) is 5.51. The van der Waals surface area contributed by atoms with Crippen LogP contribution in [0.3, 0.4) is 0 Å². The van der Waals surface area contributed by atoms with Gasteiger partial charge in [0.1, 0.15) is 11.4 Å². The molecular formula is C22H21F3N6S. The normalized spacial score (nSPS) is 14.4. The molecular weight excluding hydrogens is 437 g/mol. The molecule has 166 valence electrons. The molecule has 1 saturated carbocycles. The standard InChI is InChI=1S/C22H21F3N6S/c1-3-32-20-18(21-28-15-10-17(22(23,24)25)27-11-16(15)30(21)2)29-31(19(20)13-7-8-13)12-14-6-4-5-9-26-14/h4-6,9-11,13H,3,7-8,12H2,1-2H3. The minimum absolute atomic E-state index is 0.254. The lowest BCUT2D eigenvalue weighted by atomic mass is 10.2. The molecule has 1 aliphatic carbocycles. The average Bonchev–Trinajstić information content (AvgIpc) is 3.47. The van der Waals surface area contributed by atoms with Gasteiger partial charge in [0.25, 0.3) is 0 Å². The van der Waals surface area contributed by atoms with Crippen molar-refractivity contribution in [1.82, 2.24) is 29.3 Å². The Bertz CT molecular complexity index is 1270. The molecule has 0 atom stereocenters. The average molecular weight is 459 g/mol. The van der Waals surface area contributed by atoms with Gasteiger partial charge in [-0.1, -0.05) is 13.0 Å². The lowest BCUT2D eigenvalue weighted by Gasteiger charge is -2.08. The first kappa shape index (κ1) is 21.0. The SMILES string of the molecule is CCSc1c(-c2nc3cc(C(F)(F)F)ncc3n2C)nn(Cc2ccccn2)c1C1CC1. The maximum atomic E-state index is 13.1. The number of fused-ring (bicyclic) bond motifs is 1. The monoisotopic (exact) mass is 458 g/mol. The van der Waals surface area contributed by atoms with Crippen molar-refractivity contribution >= 4 is 22.8 Å². The Kier molecular flexibility index (Phi) is 5.19. The van der Waals surface area contributed by atoms with Gasteiger partial charge < -0.3 is 4.57 Å². The second-order valence-corrected chi connectivity index (χ2v) is 9.07. The number of hydrogen-bond acceptors (Lipinski definition) is 5. The van der Waals surface area contributed by atoms with Crippen molar-refractivity contribution in [2.24, 2.45) is 7.05 Å². The highest BCUT2D eigenvalue weighted by atomic mass is 32.2. The first-order valence-corrected chi connectivity index (χ1v) is 11.4. The van der Waals surface area contributed by atoms with Crippen LogP contribution in [0.1, 0.15) is 42.8 Å². The number of alkyl halides is 3. The van der Waals surface area contributed by atoms with Gasteiger partial charge in [0.15, 0.2) is 5.82 Å². The molecule has 4 aromatic heterocycles. The van der Waals surface area contributed by atoms with E-state index in [1.54, 1.807) is 29.6 Å². The number of aromatic nitrogens is 6. The van der Waals surface area contributed by atoms with Gasteiger partial charge in [-0.2, -0.15) is 18.3 Å².